The van der Waals surface area contributed by atoms with Crippen LogP contribution < -0.4 is 5.32 Å². The highest BCUT2D eigenvalue weighted by Crippen LogP contribution is 2.16. The van der Waals surface area contributed by atoms with Gasteiger partial charge in [0, 0.05) is 18.9 Å². The van der Waals surface area contributed by atoms with Crippen LogP contribution in [0.5, 0.6) is 0 Å². The Hall–Kier alpha value is -2.17. The van der Waals surface area contributed by atoms with E-state index in [9.17, 15) is 9.18 Å². The lowest BCUT2D eigenvalue weighted by Gasteiger charge is -2.06. The Kier molecular flexibility index (Phi) is 2.91. The Bertz CT molecular complexity index is 563. The van der Waals surface area contributed by atoms with Crippen molar-refractivity contribution in [1.82, 2.24) is 9.78 Å². The highest BCUT2D eigenvalue weighted by atomic mass is 19.1. The van der Waals surface area contributed by atoms with Gasteiger partial charge in [-0.25, -0.2) is 4.39 Å². The normalized spacial score (nSPS) is 10.3. The second-order valence-corrected chi connectivity index (χ2v) is 3.82. The zero-order chi connectivity index (χ0) is 12.4. The van der Waals surface area contributed by atoms with E-state index in [1.165, 1.54) is 23.0 Å². The van der Waals surface area contributed by atoms with Gasteiger partial charge >= 0.3 is 0 Å². The first-order valence-corrected chi connectivity index (χ1v) is 5.12. The Morgan fingerprint density at radius 3 is 2.88 bits per heavy atom. The second kappa shape index (κ2) is 4.37. The molecule has 5 heteroatoms. The van der Waals surface area contributed by atoms with Gasteiger partial charge in [0.1, 0.15) is 5.82 Å². The van der Waals surface area contributed by atoms with Crippen LogP contribution in [0.2, 0.25) is 0 Å². The number of nitrogens with zero attached hydrogens (tertiary/aromatic N) is 2. The lowest BCUT2D eigenvalue weighted by molar-refractivity contribution is 0.102. The van der Waals surface area contributed by atoms with Crippen molar-refractivity contribution in [3.8, 4) is 0 Å². The molecule has 88 valence electrons. The molecule has 0 bridgehead atoms. The number of carbonyl (C=O) groups is 1. The molecular weight excluding hydrogens is 221 g/mol. The number of benzene rings is 1. The molecule has 0 aliphatic rings. The van der Waals surface area contributed by atoms with Crippen LogP contribution in [-0.4, -0.2) is 15.7 Å². The third kappa shape index (κ3) is 2.50. The number of halogens is 1. The van der Waals surface area contributed by atoms with E-state index in [-0.39, 0.29) is 11.7 Å². The molecule has 1 N–H and O–H groups in total. The lowest BCUT2D eigenvalue weighted by atomic mass is 10.2. The first kappa shape index (κ1) is 11.3. The zero-order valence-electron chi connectivity index (χ0n) is 9.57. The standard InChI is InChI=1S/C12H12FN3O/c1-8-3-4-10(13)5-11(8)15-12(17)9-6-14-16(2)7-9/h3-7H,1-2H3,(H,15,17). The maximum Gasteiger partial charge on any atom is 0.258 e. The summed E-state index contributed by atoms with van der Waals surface area (Å²) in [4.78, 5) is 11.8. The molecule has 2 rings (SSSR count). The highest BCUT2D eigenvalue weighted by molar-refractivity contribution is 6.04. The predicted molar refractivity (Wildman–Crippen MR) is 62.3 cm³/mol. The fraction of sp³-hybridized carbons (Fsp3) is 0.167. The minimum Gasteiger partial charge on any atom is -0.322 e. The van der Waals surface area contributed by atoms with Gasteiger partial charge in [-0.3, -0.25) is 9.48 Å². The van der Waals surface area contributed by atoms with Gasteiger partial charge in [-0.2, -0.15) is 5.10 Å². The molecule has 0 saturated carbocycles. The first-order valence-electron chi connectivity index (χ1n) is 5.12. The largest absolute Gasteiger partial charge is 0.322 e. The molecule has 4 nitrogen and oxygen atoms in total. The van der Waals surface area contributed by atoms with Gasteiger partial charge in [-0.1, -0.05) is 6.07 Å². The molecule has 1 amide bonds. The molecule has 0 unspecified atom stereocenters. The fourth-order valence-corrected chi connectivity index (χ4v) is 1.46. The molecule has 17 heavy (non-hydrogen) atoms. The van der Waals surface area contributed by atoms with E-state index in [1.807, 2.05) is 0 Å². The van der Waals surface area contributed by atoms with Crippen LogP contribution in [0.3, 0.4) is 0 Å². The minimum absolute atomic E-state index is 0.299. The number of rotatable bonds is 2. The number of aryl methyl sites for hydroxylation is 2. The quantitative estimate of drug-likeness (QED) is 0.863. The summed E-state index contributed by atoms with van der Waals surface area (Å²) in [5.74, 6) is -0.677. The fourth-order valence-electron chi connectivity index (χ4n) is 1.46. The molecule has 0 atom stereocenters. The Morgan fingerprint density at radius 1 is 1.47 bits per heavy atom. The lowest BCUT2D eigenvalue weighted by Crippen LogP contribution is -2.12. The molecule has 0 spiro atoms. The molecule has 1 heterocycles. The second-order valence-electron chi connectivity index (χ2n) is 3.82. The Balaban J connectivity index is 2.21. The summed E-state index contributed by atoms with van der Waals surface area (Å²) in [6, 6.07) is 4.27. The van der Waals surface area contributed by atoms with E-state index >= 15 is 0 Å². The van der Waals surface area contributed by atoms with Crippen molar-refractivity contribution in [2.45, 2.75) is 6.92 Å². The monoisotopic (exact) mass is 233 g/mol. The number of carbonyl (C=O) groups excluding carboxylic acids is 1. The highest BCUT2D eigenvalue weighted by Gasteiger charge is 2.09. The topological polar surface area (TPSA) is 46.9 Å². The number of anilines is 1. The SMILES string of the molecule is Cc1ccc(F)cc1NC(=O)c1cnn(C)c1. The Morgan fingerprint density at radius 2 is 2.24 bits per heavy atom. The van der Waals surface area contributed by atoms with Gasteiger partial charge in [-0.15, -0.1) is 0 Å². The van der Waals surface area contributed by atoms with Gasteiger partial charge in [-0.05, 0) is 24.6 Å². The number of hydrogen-bond acceptors (Lipinski definition) is 2. The summed E-state index contributed by atoms with van der Waals surface area (Å²) in [5.41, 5.74) is 1.72. The summed E-state index contributed by atoms with van der Waals surface area (Å²) in [7, 11) is 1.73. The summed E-state index contributed by atoms with van der Waals surface area (Å²) in [6.07, 6.45) is 3.06. The van der Waals surface area contributed by atoms with Gasteiger partial charge in [0.2, 0.25) is 0 Å². The molecule has 0 radical (unpaired) electrons. The van der Waals surface area contributed by atoms with E-state index < -0.39 is 0 Å². The molecule has 1 aromatic carbocycles. The van der Waals surface area contributed by atoms with Crippen LogP contribution in [0, 0.1) is 12.7 Å². The maximum absolute atomic E-state index is 13.0. The van der Waals surface area contributed by atoms with Crippen molar-refractivity contribution in [2.75, 3.05) is 5.32 Å². The van der Waals surface area contributed by atoms with Gasteiger partial charge in [0.05, 0.1) is 11.8 Å². The van der Waals surface area contributed by atoms with Gasteiger partial charge in [0.25, 0.3) is 5.91 Å². The Labute approximate surface area is 98.1 Å². The average molecular weight is 233 g/mol. The minimum atomic E-state index is -0.378. The van der Waals surface area contributed by atoms with Crippen LogP contribution in [0.15, 0.2) is 30.6 Å². The van der Waals surface area contributed by atoms with Crippen LogP contribution in [0.25, 0.3) is 0 Å². The van der Waals surface area contributed by atoms with Gasteiger partial charge in [0.15, 0.2) is 0 Å². The van der Waals surface area contributed by atoms with Crippen molar-refractivity contribution in [3.05, 3.63) is 47.5 Å². The molecule has 2 aromatic rings. The smallest absolute Gasteiger partial charge is 0.258 e. The van der Waals surface area contributed by atoms with Crippen molar-refractivity contribution < 1.29 is 9.18 Å². The summed E-state index contributed by atoms with van der Waals surface area (Å²) >= 11 is 0. The van der Waals surface area contributed by atoms with Crippen molar-refractivity contribution in [1.29, 1.82) is 0 Å². The third-order valence-electron chi connectivity index (χ3n) is 2.41. The van der Waals surface area contributed by atoms with Crippen molar-refractivity contribution in [3.63, 3.8) is 0 Å². The molecule has 0 fully saturated rings. The van der Waals surface area contributed by atoms with Crippen molar-refractivity contribution in [2.24, 2.45) is 7.05 Å². The van der Waals surface area contributed by atoms with E-state index in [0.29, 0.717) is 11.3 Å². The van der Waals surface area contributed by atoms with E-state index in [4.69, 9.17) is 0 Å². The number of hydrogen-bond donors (Lipinski definition) is 1. The van der Waals surface area contributed by atoms with E-state index in [0.717, 1.165) is 5.56 Å². The summed E-state index contributed by atoms with van der Waals surface area (Å²) in [6.45, 7) is 1.80. The summed E-state index contributed by atoms with van der Waals surface area (Å²) < 4.78 is 14.6. The molecular formula is C12H12FN3O. The molecule has 0 saturated heterocycles. The number of amides is 1. The predicted octanol–water partition coefficient (Wildman–Crippen LogP) is 2.12. The number of nitrogens with one attached hydrogen (secondary N) is 1. The maximum atomic E-state index is 13.0. The summed E-state index contributed by atoms with van der Waals surface area (Å²) in [5, 5.41) is 6.55. The molecule has 0 aliphatic heterocycles. The molecule has 1 aromatic heterocycles. The first-order chi connectivity index (χ1) is 8.06. The van der Waals surface area contributed by atoms with Crippen molar-refractivity contribution >= 4 is 11.6 Å². The van der Waals surface area contributed by atoms with Crippen LogP contribution >= 0.6 is 0 Å². The van der Waals surface area contributed by atoms with Crippen LogP contribution in [-0.2, 0) is 7.05 Å². The molecule has 0 aliphatic carbocycles. The van der Waals surface area contributed by atoms with E-state index in [2.05, 4.69) is 10.4 Å². The van der Waals surface area contributed by atoms with Crippen LogP contribution in [0.4, 0.5) is 10.1 Å². The third-order valence-corrected chi connectivity index (χ3v) is 2.41. The van der Waals surface area contributed by atoms with Gasteiger partial charge < -0.3 is 5.32 Å². The van der Waals surface area contributed by atoms with Crippen LogP contribution in [0.1, 0.15) is 15.9 Å². The zero-order valence-corrected chi connectivity index (χ0v) is 9.57. The average Bonchev–Trinajstić information content (AvgIpc) is 2.70. The van der Waals surface area contributed by atoms with E-state index in [1.54, 1.807) is 26.2 Å². The number of aromatic nitrogens is 2.